The maximum atomic E-state index is 5.49. The predicted octanol–water partition coefficient (Wildman–Crippen LogP) is 1.92. The third-order valence-corrected chi connectivity index (χ3v) is 3.13. The minimum Gasteiger partial charge on any atom is -0.353 e. The fourth-order valence-corrected chi connectivity index (χ4v) is 2.25. The van der Waals surface area contributed by atoms with Crippen LogP contribution in [0.3, 0.4) is 0 Å². The Balaban J connectivity index is 2.41. The molecule has 1 fully saturated rings. The van der Waals surface area contributed by atoms with E-state index in [0.717, 1.165) is 12.4 Å². The van der Waals surface area contributed by atoms with Gasteiger partial charge in [-0.3, -0.25) is 5.43 Å². The standard InChI is InChI=1S/C12H26N4/c1-3-7-10(2)14-12(16-13)15-11-8-5-4-6-9-11/h10-11H,3-9,13H2,1-2H3,(H2,14,15,16). The van der Waals surface area contributed by atoms with Crippen molar-refractivity contribution in [2.24, 2.45) is 10.8 Å². The quantitative estimate of drug-likeness (QED) is 0.297. The van der Waals surface area contributed by atoms with E-state index in [2.05, 4.69) is 29.6 Å². The molecule has 0 bridgehead atoms. The van der Waals surface area contributed by atoms with Crippen molar-refractivity contribution in [2.45, 2.75) is 70.9 Å². The van der Waals surface area contributed by atoms with Gasteiger partial charge in [-0.1, -0.05) is 32.6 Å². The van der Waals surface area contributed by atoms with Crippen LogP contribution in [0.2, 0.25) is 0 Å². The molecule has 16 heavy (non-hydrogen) atoms. The van der Waals surface area contributed by atoms with E-state index in [-0.39, 0.29) is 0 Å². The fourth-order valence-electron chi connectivity index (χ4n) is 2.25. The molecule has 1 saturated carbocycles. The van der Waals surface area contributed by atoms with Crippen molar-refractivity contribution in [3.05, 3.63) is 0 Å². The molecule has 4 N–H and O–H groups in total. The van der Waals surface area contributed by atoms with E-state index in [0.29, 0.717) is 12.1 Å². The lowest BCUT2D eigenvalue weighted by Crippen LogP contribution is -2.46. The van der Waals surface area contributed by atoms with Crippen LogP contribution in [0.1, 0.15) is 58.8 Å². The van der Waals surface area contributed by atoms with Crippen molar-refractivity contribution < 1.29 is 0 Å². The van der Waals surface area contributed by atoms with Crippen molar-refractivity contribution in [1.29, 1.82) is 0 Å². The van der Waals surface area contributed by atoms with Gasteiger partial charge in [0, 0.05) is 6.04 Å². The van der Waals surface area contributed by atoms with E-state index in [9.17, 15) is 0 Å². The lowest BCUT2D eigenvalue weighted by molar-refractivity contribution is 0.439. The van der Waals surface area contributed by atoms with Gasteiger partial charge in [-0.2, -0.15) is 0 Å². The molecule has 1 aliphatic rings. The van der Waals surface area contributed by atoms with Crippen molar-refractivity contribution in [2.75, 3.05) is 0 Å². The normalized spacial score (nSPS) is 20.6. The number of nitrogens with two attached hydrogens (primary N) is 1. The Bertz CT molecular complexity index is 209. The Kier molecular flexibility index (Phi) is 6.23. The molecule has 1 rings (SSSR count). The van der Waals surface area contributed by atoms with Crippen molar-refractivity contribution in [3.8, 4) is 0 Å². The zero-order chi connectivity index (χ0) is 11.8. The zero-order valence-corrected chi connectivity index (χ0v) is 10.6. The summed E-state index contributed by atoms with van der Waals surface area (Å²) < 4.78 is 0. The molecule has 0 radical (unpaired) electrons. The predicted molar refractivity (Wildman–Crippen MR) is 69.1 cm³/mol. The minimum absolute atomic E-state index is 0.434. The van der Waals surface area contributed by atoms with Crippen LogP contribution in [-0.2, 0) is 0 Å². The number of nitrogens with zero attached hydrogens (tertiary/aromatic N) is 1. The molecular formula is C12H26N4. The van der Waals surface area contributed by atoms with Crippen LogP contribution in [0.25, 0.3) is 0 Å². The smallest absolute Gasteiger partial charge is 0.206 e. The second-order valence-electron chi connectivity index (χ2n) is 4.75. The second-order valence-corrected chi connectivity index (χ2v) is 4.75. The molecule has 0 aromatic heterocycles. The summed E-state index contributed by atoms with van der Waals surface area (Å²) in [5.74, 6) is 6.25. The van der Waals surface area contributed by atoms with E-state index >= 15 is 0 Å². The van der Waals surface area contributed by atoms with Gasteiger partial charge in [0.1, 0.15) is 0 Å². The van der Waals surface area contributed by atoms with Gasteiger partial charge in [-0.05, 0) is 26.2 Å². The lowest BCUT2D eigenvalue weighted by Gasteiger charge is -2.21. The van der Waals surface area contributed by atoms with Crippen LogP contribution in [0.4, 0.5) is 0 Å². The summed E-state index contributed by atoms with van der Waals surface area (Å²) in [5.41, 5.74) is 2.68. The molecule has 0 amide bonds. The fraction of sp³-hybridized carbons (Fsp3) is 0.917. The SMILES string of the molecule is CCCC(C)NC(=NC1CCCCC1)NN. The molecule has 94 valence electrons. The van der Waals surface area contributed by atoms with E-state index in [1.54, 1.807) is 0 Å². The van der Waals surface area contributed by atoms with E-state index in [1.807, 2.05) is 0 Å². The topological polar surface area (TPSA) is 62.4 Å². The molecule has 1 aliphatic carbocycles. The minimum atomic E-state index is 0.434. The summed E-state index contributed by atoms with van der Waals surface area (Å²) >= 11 is 0. The molecule has 0 saturated heterocycles. The molecule has 1 unspecified atom stereocenters. The van der Waals surface area contributed by atoms with Crippen molar-refractivity contribution in [3.63, 3.8) is 0 Å². The molecule has 0 aliphatic heterocycles. The number of hydrazine groups is 1. The number of guanidine groups is 1. The number of hydrogen-bond donors (Lipinski definition) is 3. The van der Waals surface area contributed by atoms with Gasteiger partial charge in [-0.25, -0.2) is 10.8 Å². The summed E-state index contributed by atoms with van der Waals surface area (Å²) in [4.78, 5) is 4.65. The van der Waals surface area contributed by atoms with Gasteiger partial charge >= 0.3 is 0 Å². The van der Waals surface area contributed by atoms with Crippen LogP contribution in [0.5, 0.6) is 0 Å². The molecule has 0 aromatic rings. The van der Waals surface area contributed by atoms with Gasteiger partial charge in [0.2, 0.25) is 5.96 Å². The first-order valence-electron chi connectivity index (χ1n) is 6.57. The van der Waals surface area contributed by atoms with E-state index in [1.165, 1.54) is 38.5 Å². The summed E-state index contributed by atoms with van der Waals surface area (Å²) in [6.07, 6.45) is 8.69. The third kappa shape index (κ3) is 4.84. The first-order chi connectivity index (χ1) is 7.76. The Labute approximate surface area is 99.1 Å². The summed E-state index contributed by atoms with van der Waals surface area (Å²) in [6, 6.07) is 0.893. The van der Waals surface area contributed by atoms with E-state index in [4.69, 9.17) is 5.84 Å². The van der Waals surface area contributed by atoms with Gasteiger partial charge in [0.25, 0.3) is 0 Å². The number of hydrogen-bond acceptors (Lipinski definition) is 2. The van der Waals surface area contributed by atoms with Gasteiger partial charge in [0.15, 0.2) is 0 Å². The van der Waals surface area contributed by atoms with Gasteiger partial charge in [-0.15, -0.1) is 0 Å². The molecule has 0 aromatic carbocycles. The van der Waals surface area contributed by atoms with Crippen LogP contribution in [0.15, 0.2) is 4.99 Å². The maximum Gasteiger partial charge on any atom is 0.206 e. The third-order valence-electron chi connectivity index (χ3n) is 3.13. The average molecular weight is 226 g/mol. The van der Waals surface area contributed by atoms with E-state index < -0.39 is 0 Å². The highest BCUT2D eigenvalue weighted by Gasteiger charge is 2.13. The molecule has 1 atom stereocenters. The Morgan fingerprint density at radius 2 is 2.06 bits per heavy atom. The highest BCUT2D eigenvalue weighted by molar-refractivity contribution is 5.79. The molecule has 4 nitrogen and oxygen atoms in total. The molecule has 4 heteroatoms. The molecule has 0 spiro atoms. The molecular weight excluding hydrogens is 200 g/mol. The Hall–Kier alpha value is -0.770. The van der Waals surface area contributed by atoms with Gasteiger partial charge in [0.05, 0.1) is 6.04 Å². The lowest BCUT2D eigenvalue weighted by atomic mass is 9.96. The molecule has 0 heterocycles. The summed E-state index contributed by atoms with van der Waals surface area (Å²) in [7, 11) is 0. The van der Waals surface area contributed by atoms with Crippen LogP contribution >= 0.6 is 0 Å². The van der Waals surface area contributed by atoms with Crippen LogP contribution < -0.4 is 16.6 Å². The Morgan fingerprint density at radius 1 is 1.38 bits per heavy atom. The zero-order valence-electron chi connectivity index (χ0n) is 10.6. The summed E-state index contributed by atoms with van der Waals surface area (Å²) in [5, 5.41) is 3.33. The van der Waals surface area contributed by atoms with Gasteiger partial charge < -0.3 is 5.32 Å². The van der Waals surface area contributed by atoms with Crippen LogP contribution in [0, 0.1) is 0 Å². The highest BCUT2D eigenvalue weighted by Crippen LogP contribution is 2.20. The summed E-state index contributed by atoms with van der Waals surface area (Å²) in [6.45, 7) is 4.35. The first kappa shape index (κ1) is 13.3. The number of rotatable bonds is 4. The maximum absolute atomic E-state index is 5.49. The number of nitrogens with one attached hydrogen (secondary N) is 2. The highest BCUT2D eigenvalue weighted by atomic mass is 15.3. The van der Waals surface area contributed by atoms with Crippen molar-refractivity contribution >= 4 is 5.96 Å². The Morgan fingerprint density at radius 3 is 2.62 bits per heavy atom. The van der Waals surface area contributed by atoms with Crippen LogP contribution in [-0.4, -0.2) is 18.0 Å². The first-order valence-corrected chi connectivity index (χ1v) is 6.57. The average Bonchev–Trinajstić information content (AvgIpc) is 2.30. The second kappa shape index (κ2) is 7.49. The van der Waals surface area contributed by atoms with Crippen molar-refractivity contribution in [1.82, 2.24) is 10.7 Å². The number of aliphatic imine (C=N–C) groups is 1. The monoisotopic (exact) mass is 226 g/mol. The largest absolute Gasteiger partial charge is 0.353 e.